The first kappa shape index (κ1) is 24.1. The summed E-state index contributed by atoms with van der Waals surface area (Å²) in [4.78, 5) is 48.9. The van der Waals surface area contributed by atoms with Crippen molar-refractivity contribution in [3.8, 4) is 0 Å². The lowest BCUT2D eigenvalue weighted by atomic mass is 10.1. The predicted octanol–water partition coefficient (Wildman–Crippen LogP) is 5.50. The topological polar surface area (TPSA) is 116 Å². The van der Waals surface area contributed by atoms with Crippen LogP contribution in [0, 0.1) is 17.0 Å². The third-order valence-corrected chi connectivity index (χ3v) is 5.87. The van der Waals surface area contributed by atoms with Crippen molar-refractivity contribution in [2.24, 2.45) is 0 Å². The van der Waals surface area contributed by atoms with Gasteiger partial charge in [-0.3, -0.25) is 24.5 Å². The van der Waals surface area contributed by atoms with Gasteiger partial charge in [-0.2, -0.15) is 0 Å². The van der Waals surface area contributed by atoms with E-state index in [9.17, 15) is 24.5 Å². The number of ether oxygens (including phenoxy) is 1. The van der Waals surface area contributed by atoms with Crippen LogP contribution in [0.3, 0.4) is 0 Å². The maximum atomic E-state index is 13.0. The zero-order valence-electron chi connectivity index (χ0n) is 17.4. The average Bonchev–Trinajstić information content (AvgIpc) is 3.23. The highest BCUT2D eigenvalue weighted by Crippen LogP contribution is 2.28. The number of ketones is 1. The minimum Gasteiger partial charge on any atom is -0.447 e. The molecule has 0 saturated heterocycles. The van der Waals surface area contributed by atoms with E-state index in [4.69, 9.17) is 16.3 Å². The van der Waals surface area contributed by atoms with Crippen molar-refractivity contribution in [3.05, 3.63) is 91.1 Å². The van der Waals surface area contributed by atoms with E-state index in [-0.39, 0.29) is 30.0 Å². The molecular formula is C23H19ClN2O6S. The lowest BCUT2D eigenvalue weighted by Crippen LogP contribution is -2.26. The molecule has 0 saturated carbocycles. The van der Waals surface area contributed by atoms with Crippen molar-refractivity contribution in [2.75, 3.05) is 5.32 Å². The molecule has 1 aromatic heterocycles. The zero-order chi connectivity index (χ0) is 24.0. The molecule has 0 aliphatic heterocycles. The number of anilines is 1. The minimum absolute atomic E-state index is 0.0164. The zero-order valence-corrected chi connectivity index (χ0v) is 19.0. The Morgan fingerprint density at radius 3 is 2.45 bits per heavy atom. The van der Waals surface area contributed by atoms with E-state index >= 15 is 0 Å². The van der Waals surface area contributed by atoms with Gasteiger partial charge in [0.1, 0.15) is 5.69 Å². The average molecular weight is 487 g/mol. The molecule has 0 bridgehead atoms. The Morgan fingerprint density at radius 1 is 1.09 bits per heavy atom. The molecule has 0 fully saturated rings. The molecule has 10 heteroatoms. The first-order valence-corrected chi connectivity index (χ1v) is 11.0. The Morgan fingerprint density at radius 2 is 1.82 bits per heavy atom. The smallest absolute Gasteiger partial charge is 0.307 e. The molecule has 1 N–H and O–H groups in total. The van der Waals surface area contributed by atoms with Gasteiger partial charge in [-0.15, -0.1) is 11.3 Å². The van der Waals surface area contributed by atoms with Crippen LogP contribution < -0.4 is 5.32 Å². The first-order chi connectivity index (χ1) is 15.7. The second-order valence-corrected chi connectivity index (χ2v) is 8.79. The van der Waals surface area contributed by atoms with Crippen LogP contribution in [0.2, 0.25) is 4.34 Å². The summed E-state index contributed by atoms with van der Waals surface area (Å²) >= 11 is 6.95. The SMILES string of the molecule is Cc1ccc(NC(=O)C(OC(=O)CCC(=O)c2ccc(Cl)s2)c2ccccc2)c([N+](=O)[O-])c1. The Bertz CT molecular complexity index is 1190. The highest BCUT2D eigenvalue weighted by atomic mass is 35.5. The summed E-state index contributed by atoms with van der Waals surface area (Å²) in [6, 6.07) is 15.8. The Hall–Kier alpha value is -3.56. The number of hydrogen-bond acceptors (Lipinski definition) is 7. The van der Waals surface area contributed by atoms with E-state index in [2.05, 4.69) is 5.32 Å². The van der Waals surface area contributed by atoms with E-state index < -0.39 is 22.9 Å². The van der Waals surface area contributed by atoms with Gasteiger partial charge in [-0.05, 0) is 30.7 Å². The van der Waals surface area contributed by atoms with Gasteiger partial charge in [0.15, 0.2) is 5.78 Å². The van der Waals surface area contributed by atoms with E-state index in [0.29, 0.717) is 20.3 Å². The molecule has 1 unspecified atom stereocenters. The van der Waals surface area contributed by atoms with Crippen molar-refractivity contribution in [2.45, 2.75) is 25.9 Å². The van der Waals surface area contributed by atoms with Crippen LogP contribution in [0.5, 0.6) is 0 Å². The molecule has 0 aliphatic rings. The molecule has 0 aliphatic carbocycles. The molecule has 0 spiro atoms. The van der Waals surface area contributed by atoms with Crippen LogP contribution in [-0.2, 0) is 14.3 Å². The van der Waals surface area contributed by atoms with Crippen molar-refractivity contribution in [1.82, 2.24) is 0 Å². The number of carbonyl (C=O) groups is 3. The Labute approximate surface area is 198 Å². The van der Waals surface area contributed by atoms with E-state index in [1.165, 1.54) is 12.1 Å². The lowest BCUT2D eigenvalue weighted by molar-refractivity contribution is -0.384. The number of nitrogens with one attached hydrogen (secondary N) is 1. The molecule has 3 aromatic rings. The normalized spacial score (nSPS) is 11.5. The Kier molecular flexibility index (Phi) is 7.92. The summed E-state index contributed by atoms with van der Waals surface area (Å²) in [5.41, 5.74) is 0.746. The minimum atomic E-state index is -1.36. The van der Waals surface area contributed by atoms with Gasteiger partial charge < -0.3 is 10.1 Å². The third kappa shape index (κ3) is 6.47. The second-order valence-electron chi connectivity index (χ2n) is 7.07. The van der Waals surface area contributed by atoms with Crippen LogP contribution in [-0.4, -0.2) is 22.6 Å². The summed E-state index contributed by atoms with van der Waals surface area (Å²) < 4.78 is 5.86. The molecule has 1 amide bonds. The molecule has 1 atom stereocenters. The van der Waals surface area contributed by atoms with Crippen molar-refractivity contribution >= 4 is 52.0 Å². The number of halogens is 1. The molecule has 0 radical (unpaired) electrons. The van der Waals surface area contributed by atoms with E-state index in [1.54, 1.807) is 55.5 Å². The number of nitro benzene ring substituents is 1. The van der Waals surface area contributed by atoms with E-state index in [1.807, 2.05) is 0 Å². The maximum Gasteiger partial charge on any atom is 0.307 e. The summed E-state index contributed by atoms with van der Waals surface area (Å²) in [5.74, 6) is -1.77. The van der Waals surface area contributed by atoms with Gasteiger partial charge in [-0.25, -0.2) is 0 Å². The lowest BCUT2D eigenvalue weighted by Gasteiger charge is -2.18. The number of aryl methyl sites for hydroxylation is 1. The molecule has 170 valence electrons. The first-order valence-electron chi connectivity index (χ1n) is 9.83. The molecule has 2 aromatic carbocycles. The van der Waals surface area contributed by atoms with Crippen LogP contribution in [0.25, 0.3) is 0 Å². The van der Waals surface area contributed by atoms with E-state index in [0.717, 1.165) is 11.3 Å². The van der Waals surface area contributed by atoms with Crippen molar-refractivity contribution in [3.63, 3.8) is 0 Å². The molecular weight excluding hydrogens is 468 g/mol. The van der Waals surface area contributed by atoms with Gasteiger partial charge in [0, 0.05) is 18.1 Å². The van der Waals surface area contributed by atoms with Gasteiger partial charge in [0.2, 0.25) is 6.10 Å². The monoisotopic (exact) mass is 486 g/mol. The van der Waals surface area contributed by atoms with Gasteiger partial charge in [-0.1, -0.05) is 48.0 Å². The molecule has 8 nitrogen and oxygen atoms in total. The maximum absolute atomic E-state index is 13.0. The number of nitro groups is 1. The highest BCUT2D eigenvalue weighted by Gasteiger charge is 2.27. The number of Topliss-reactive ketones (excluding diaryl/α,β-unsaturated/α-hetero) is 1. The van der Waals surface area contributed by atoms with Crippen LogP contribution in [0.4, 0.5) is 11.4 Å². The number of carbonyl (C=O) groups excluding carboxylic acids is 3. The summed E-state index contributed by atoms with van der Waals surface area (Å²) in [7, 11) is 0. The summed E-state index contributed by atoms with van der Waals surface area (Å²) in [5, 5.41) is 13.8. The fourth-order valence-corrected chi connectivity index (χ4v) is 4.00. The standard InChI is InChI=1S/C23H19ClN2O6S/c1-14-7-8-16(17(13-14)26(30)31)25-23(29)22(15-5-3-2-4-6-15)32-21(28)12-9-18(27)19-10-11-20(24)33-19/h2-8,10-11,13,22H,9,12H2,1H3,(H,25,29). The fraction of sp³-hybridized carbons (Fsp3) is 0.174. The number of thiophene rings is 1. The fourth-order valence-electron chi connectivity index (χ4n) is 2.99. The molecule has 1 heterocycles. The number of benzene rings is 2. The Balaban J connectivity index is 1.74. The predicted molar refractivity (Wildman–Crippen MR) is 125 cm³/mol. The van der Waals surface area contributed by atoms with Crippen molar-refractivity contribution < 1.29 is 24.0 Å². The van der Waals surface area contributed by atoms with Crippen LogP contribution >= 0.6 is 22.9 Å². The third-order valence-electron chi connectivity index (χ3n) is 4.60. The van der Waals surface area contributed by atoms with Crippen molar-refractivity contribution in [1.29, 1.82) is 0 Å². The van der Waals surface area contributed by atoms with Crippen LogP contribution in [0.1, 0.15) is 39.7 Å². The number of nitrogens with zero attached hydrogens (tertiary/aromatic N) is 1. The number of rotatable bonds is 9. The molecule has 33 heavy (non-hydrogen) atoms. The highest BCUT2D eigenvalue weighted by molar-refractivity contribution is 7.18. The van der Waals surface area contributed by atoms with Gasteiger partial charge in [0.25, 0.3) is 11.6 Å². The largest absolute Gasteiger partial charge is 0.447 e. The summed E-state index contributed by atoms with van der Waals surface area (Å²) in [6.07, 6.45) is -1.70. The summed E-state index contributed by atoms with van der Waals surface area (Å²) in [6.45, 7) is 1.69. The second kappa shape index (κ2) is 10.8. The number of esters is 1. The molecule has 3 rings (SSSR count). The van der Waals surface area contributed by atoms with Gasteiger partial charge >= 0.3 is 5.97 Å². The number of hydrogen-bond donors (Lipinski definition) is 1. The van der Waals surface area contributed by atoms with Gasteiger partial charge in [0.05, 0.1) is 20.6 Å². The quantitative estimate of drug-likeness (QED) is 0.185. The number of amides is 1. The van der Waals surface area contributed by atoms with Crippen LogP contribution in [0.15, 0.2) is 60.7 Å².